The van der Waals surface area contributed by atoms with Crippen molar-refractivity contribution in [2.45, 2.75) is 47.0 Å². The van der Waals surface area contributed by atoms with E-state index >= 15 is 0 Å². The fourth-order valence-corrected chi connectivity index (χ4v) is 5.25. The van der Waals surface area contributed by atoms with E-state index < -0.39 is 0 Å². The maximum Gasteiger partial charge on any atom is 0.155 e. The van der Waals surface area contributed by atoms with Gasteiger partial charge in [-0.1, -0.05) is 91.9 Å². The number of nitrogens with zero attached hydrogens (tertiary/aromatic N) is 2. The Morgan fingerprint density at radius 1 is 0.814 bits per heavy atom. The van der Waals surface area contributed by atoms with E-state index in [9.17, 15) is 4.79 Å². The standard InChI is InChI=1S/C33H27N2.C5H8O2.Ir/c1-21-9-11-22(12-10-21)23-13-14-28-27-15-16-34-32(29(27)20-35-31(28)19-23)25-17-24-7-5-6-8-26(24)30(18-25)33(2,3)4;1-4(6)3-5(2)7;/h5-16,18-20H,1-4H3;3,6H,1-2H3;/q-1;;/b;4-3-;. The van der Waals surface area contributed by atoms with Crippen LogP contribution in [0.4, 0.5) is 0 Å². The van der Waals surface area contributed by atoms with Gasteiger partial charge in [0.15, 0.2) is 5.78 Å². The molecule has 0 fully saturated rings. The van der Waals surface area contributed by atoms with Crippen LogP contribution in [-0.4, -0.2) is 20.9 Å². The smallest absolute Gasteiger partial charge is 0.155 e. The third kappa shape index (κ3) is 7.07. The van der Waals surface area contributed by atoms with Crippen molar-refractivity contribution < 1.29 is 30.0 Å². The number of aliphatic hydroxyl groups is 1. The third-order valence-electron chi connectivity index (χ3n) is 7.25. The number of rotatable bonds is 3. The average molecular weight is 744 g/mol. The second-order valence-corrected chi connectivity index (χ2v) is 11.8. The molecule has 0 bridgehead atoms. The number of aryl methyl sites for hydroxylation is 1. The molecular weight excluding hydrogens is 709 g/mol. The first-order valence-electron chi connectivity index (χ1n) is 14.1. The summed E-state index contributed by atoms with van der Waals surface area (Å²) in [7, 11) is 0. The average Bonchev–Trinajstić information content (AvgIpc) is 2.95. The van der Waals surface area contributed by atoms with Gasteiger partial charge < -0.3 is 5.11 Å². The monoisotopic (exact) mass is 744 g/mol. The summed E-state index contributed by atoms with van der Waals surface area (Å²) in [6, 6.07) is 31.7. The van der Waals surface area contributed by atoms with Crippen LogP contribution in [0.1, 0.15) is 45.7 Å². The zero-order valence-electron chi connectivity index (χ0n) is 25.3. The van der Waals surface area contributed by atoms with Crippen molar-refractivity contribution >= 4 is 38.2 Å². The topological polar surface area (TPSA) is 63.1 Å². The molecule has 5 heteroatoms. The maximum atomic E-state index is 10.0. The molecule has 6 rings (SSSR count). The van der Waals surface area contributed by atoms with Crippen molar-refractivity contribution in [2.75, 3.05) is 0 Å². The number of benzene rings is 4. The van der Waals surface area contributed by atoms with Crippen LogP contribution in [0.5, 0.6) is 0 Å². The summed E-state index contributed by atoms with van der Waals surface area (Å²) < 4.78 is 0. The third-order valence-corrected chi connectivity index (χ3v) is 7.25. The van der Waals surface area contributed by atoms with E-state index in [0.29, 0.717) is 0 Å². The van der Waals surface area contributed by atoms with E-state index in [1.165, 1.54) is 47.6 Å². The van der Waals surface area contributed by atoms with Gasteiger partial charge >= 0.3 is 0 Å². The molecule has 0 unspecified atom stereocenters. The summed E-state index contributed by atoms with van der Waals surface area (Å²) in [6.07, 6.45) is 5.05. The molecule has 0 aliphatic carbocycles. The van der Waals surface area contributed by atoms with Gasteiger partial charge in [0, 0.05) is 49.7 Å². The van der Waals surface area contributed by atoms with Gasteiger partial charge in [0.25, 0.3) is 0 Å². The predicted octanol–water partition coefficient (Wildman–Crippen LogP) is 9.71. The van der Waals surface area contributed by atoms with E-state index in [-0.39, 0.29) is 37.1 Å². The van der Waals surface area contributed by atoms with Gasteiger partial charge in [0.05, 0.1) is 11.3 Å². The molecule has 6 aromatic rings. The fourth-order valence-electron chi connectivity index (χ4n) is 5.25. The van der Waals surface area contributed by atoms with E-state index in [1.807, 2.05) is 12.4 Å². The molecule has 0 spiro atoms. The molecule has 2 heterocycles. The van der Waals surface area contributed by atoms with Crippen LogP contribution in [0.3, 0.4) is 0 Å². The van der Waals surface area contributed by atoms with Crippen molar-refractivity contribution in [2.24, 2.45) is 0 Å². The number of ketones is 1. The number of pyridine rings is 2. The molecule has 1 radical (unpaired) electrons. The number of carbonyl (C=O) groups excluding carboxylic acids is 1. The van der Waals surface area contributed by atoms with Crippen molar-refractivity contribution in [3.63, 3.8) is 0 Å². The zero-order valence-corrected chi connectivity index (χ0v) is 27.7. The van der Waals surface area contributed by atoms with Crippen molar-refractivity contribution in [1.29, 1.82) is 0 Å². The van der Waals surface area contributed by atoms with Gasteiger partial charge in [-0.2, -0.15) is 0 Å². The molecule has 0 saturated carbocycles. The summed E-state index contributed by atoms with van der Waals surface area (Å²) in [6.45, 7) is 11.7. The minimum atomic E-state index is -0.125. The van der Waals surface area contributed by atoms with Crippen LogP contribution in [-0.2, 0) is 30.3 Å². The molecule has 2 aromatic heterocycles. The van der Waals surface area contributed by atoms with Crippen molar-refractivity contribution in [1.82, 2.24) is 9.97 Å². The number of allylic oxidation sites excluding steroid dienone is 2. The van der Waals surface area contributed by atoms with Crippen LogP contribution in [0.2, 0.25) is 0 Å². The van der Waals surface area contributed by atoms with E-state index in [2.05, 4.69) is 113 Å². The molecule has 4 aromatic carbocycles. The van der Waals surface area contributed by atoms with E-state index in [4.69, 9.17) is 15.1 Å². The van der Waals surface area contributed by atoms with Gasteiger partial charge in [0.1, 0.15) is 0 Å². The summed E-state index contributed by atoms with van der Waals surface area (Å²) in [5.74, 6) is -0.0625. The van der Waals surface area contributed by atoms with E-state index in [1.54, 1.807) is 0 Å². The molecule has 0 aliphatic heterocycles. The van der Waals surface area contributed by atoms with Gasteiger partial charge in [-0.05, 0) is 60.2 Å². The van der Waals surface area contributed by atoms with Crippen LogP contribution in [0.15, 0.2) is 103 Å². The SMILES string of the molecule is CC(=O)/C=C(/C)O.Cc1ccc(-c2ccc3c(c2)ncc2c(-c4[c-]c5ccccc5c(C(C)(C)C)c4)nccc23)cc1.[Ir]. The Balaban J connectivity index is 0.000000475. The summed E-state index contributed by atoms with van der Waals surface area (Å²) in [4.78, 5) is 19.7. The van der Waals surface area contributed by atoms with E-state index in [0.717, 1.165) is 38.3 Å². The molecule has 0 atom stereocenters. The van der Waals surface area contributed by atoms with Gasteiger partial charge in [-0.3, -0.25) is 14.8 Å². The van der Waals surface area contributed by atoms with Crippen LogP contribution in [0, 0.1) is 13.0 Å². The number of fused-ring (bicyclic) bond motifs is 4. The van der Waals surface area contributed by atoms with Gasteiger partial charge in [-0.15, -0.1) is 29.1 Å². The summed E-state index contributed by atoms with van der Waals surface area (Å²) >= 11 is 0. The number of carbonyl (C=O) groups is 1. The Kier molecular flexibility index (Phi) is 9.59. The molecule has 0 amide bonds. The number of aromatic nitrogens is 2. The molecule has 219 valence electrons. The molecule has 1 N–H and O–H groups in total. The van der Waals surface area contributed by atoms with Crippen molar-refractivity contribution in [3.05, 3.63) is 120 Å². The summed E-state index contributed by atoms with van der Waals surface area (Å²) in [5.41, 5.74) is 7.88. The largest absolute Gasteiger partial charge is 0.512 e. The maximum absolute atomic E-state index is 10.0. The Morgan fingerprint density at radius 2 is 1.51 bits per heavy atom. The normalized spacial score (nSPS) is 11.6. The van der Waals surface area contributed by atoms with Crippen LogP contribution in [0.25, 0.3) is 54.8 Å². The predicted molar refractivity (Wildman–Crippen MR) is 175 cm³/mol. The minimum Gasteiger partial charge on any atom is -0.512 e. The molecular formula is C38H35IrN2O2-. The summed E-state index contributed by atoms with van der Waals surface area (Å²) in [5, 5.41) is 14.1. The van der Waals surface area contributed by atoms with Crippen LogP contribution < -0.4 is 0 Å². The fraction of sp³-hybridized carbons (Fsp3) is 0.184. The van der Waals surface area contributed by atoms with Crippen molar-refractivity contribution in [3.8, 4) is 22.4 Å². The second-order valence-electron chi connectivity index (χ2n) is 11.8. The minimum absolute atomic E-state index is 0. The second kappa shape index (κ2) is 13.0. The van der Waals surface area contributed by atoms with Gasteiger partial charge in [0.2, 0.25) is 0 Å². The first-order chi connectivity index (χ1) is 20.0. The Morgan fingerprint density at radius 3 is 2.16 bits per heavy atom. The quantitative estimate of drug-likeness (QED) is 0.0849. The molecule has 4 nitrogen and oxygen atoms in total. The molecule has 0 saturated heterocycles. The van der Waals surface area contributed by atoms with Crippen LogP contribution >= 0.6 is 0 Å². The Labute approximate surface area is 266 Å². The molecule has 43 heavy (non-hydrogen) atoms. The number of hydrogen-bond acceptors (Lipinski definition) is 4. The first-order valence-corrected chi connectivity index (χ1v) is 14.1. The van der Waals surface area contributed by atoms with Gasteiger partial charge in [-0.25, -0.2) is 0 Å². The molecule has 0 aliphatic rings. The first kappa shape index (κ1) is 31.7. The Bertz CT molecular complexity index is 1970. The number of hydrogen-bond donors (Lipinski definition) is 1. The Hall–Kier alpha value is -4.18. The zero-order chi connectivity index (χ0) is 30.0. The number of aliphatic hydroxyl groups excluding tert-OH is 1.